The molecule has 152 valence electrons. The van der Waals surface area contributed by atoms with Gasteiger partial charge in [-0.15, -0.1) is 10.2 Å². The Hall–Kier alpha value is -1.95. The second kappa shape index (κ2) is 9.03. The Morgan fingerprint density at radius 2 is 2.00 bits per heavy atom. The maximum atomic E-state index is 12.9. The lowest BCUT2D eigenvalue weighted by atomic mass is 10.2. The molecule has 28 heavy (non-hydrogen) atoms. The average molecular weight is 426 g/mol. The summed E-state index contributed by atoms with van der Waals surface area (Å²) in [5, 5.41) is 9.79. The zero-order valence-corrected chi connectivity index (χ0v) is 17.4. The maximum absolute atomic E-state index is 12.9. The summed E-state index contributed by atoms with van der Waals surface area (Å²) in [7, 11) is -1.56. The van der Waals surface area contributed by atoms with Crippen molar-refractivity contribution in [3.63, 3.8) is 0 Å². The minimum atomic E-state index is -3.18. The van der Waals surface area contributed by atoms with Crippen molar-refractivity contribution in [3.8, 4) is 0 Å². The van der Waals surface area contributed by atoms with Gasteiger partial charge < -0.3 is 4.74 Å². The van der Waals surface area contributed by atoms with E-state index in [1.54, 1.807) is 17.7 Å². The number of nitrogens with one attached hydrogen (secondary N) is 1. The lowest BCUT2D eigenvalue weighted by Crippen LogP contribution is -2.24. The summed E-state index contributed by atoms with van der Waals surface area (Å²) >= 11 is 1.48. The van der Waals surface area contributed by atoms with Gasteiger partial charge in [0.1, 0.15) is 0 Å². The van der Waals surface area contributed by atoms with Gasteiger partial charge in [0.15, 0.2) is 5.16 Å². The molecule has 0 amide bonds. The van der Waals surface area contributed by atoms with Gasteiger partial charge >= 0.3 is 0 Å². The number of fused-ring (bicyclic) bond motifs is 3. The number of benzene rings is 1. The van der Waals surface area contributed by atoms with Gasteiger partial charge in [-0.25, -0.2) is 13.1 Å². The number of para-hydroxylation sites is 1. The highest BCUT2D eigenvalue weighted by Gasteiger charge is 2.16. The number of aryl methyl sites for hydroxylation is 1. The number of ether oxygens (including phenoxy) is 1. The summed E-state index contributed by atoms with van der Waals surface area (Å²) in [6.45, 7) is 1.40. The first-order chi connectivity index (χ1) is 13.4. The van der Waals surface area contributed by atoms with Crippen LogP contribution in [0.2, 0.25) is 0 Å². The molecule has 3 rings (SSSR count). The normalized spacial score (nSPS) is 12.2. The van der Waals surface area contributed by atoms with Crippen molar-refractivity contribution in [1.29, 1.82) is 0 Å². The van der Waals surface area contributed by atoms with Gasteiger partial charge in [-0.1, -0.05) is 23.9 Å². The molecule has 0 saturated carbocycles. The van der Waals surface area contributed by atoms with Gasteiger partial charge in [-0.2, -0.15) is 0 Å². The minimum Gasteiger partial charge on any atom is -0.385 e. The Kier molecular flexibility index (Phi) is 6.70. The topological polar surface area (TPSA) is 108 Å². The molecule has 0 aliphatic rings. The molecule has 11 heteroatoms. The van der Waals surface area contributed by atoms with Crippen LogP contribution < -0.4 is 10.3 Å². The predicted octanol–water partition coefficient (Wildman–Crippen LogP) is 1.11. The van der Waals surface area contributed by atoms with Crippen molar-refractivity contribution in [2.75, 3.05) is 32.3 Å². The molecule has 0 saturated heterocycles. The van der Waals surface area contributed by atoms with Crippen LogP contribution >= 0.6 is 11.8 Å². The standard InChI is InChI=1S/C17H23N5O4S2/c1-26-11-6-10-21-15(23)13-7-3-4-8-14(13)22-16(21)19-20-17(22)27-12-5-9-18-28(2,24)25/h3-4,7-8,18H,5-6,9-12H2,1-2H3. The van der Waals surface area contributed by atoms with E-state index < -0.39 is 10.0 Å². The number of aromatic nitrogens is 4. The molecule has 0 aliphatic carbocycles. The number of sulfonamides is 1. The Morgan fingerprint density at radius 3 is 2.75 bits per heavy atom. The van der Waals surface area contributed by atoms with Crippen LogP contribution in [-0.2, 0) is 21.3 Å². The third-order valence-electron chi connectivity index (χ3n) is 4.12. The van der Waals surface area contributed by atoms with E-state index in [0.29, 0.717) is 54.6 Å². The molecule has 2 aromatic heterocycles. The molecule has 1 aromatic carbocycles. The highest BCUT2D eigenvalue weighted by Crippen LogP contribution is 2.22. The van der Waals surface area contributed by atoms with Crippen molar-refractivity contribution >= 4 is 38.5 Å². The molecule has 0 fully saturated rings. The van der Waals surface area contributed by atoms with E-state index in [2.05, 4.69) is 14.9 Å². The first-order valence-corrected chi connectivity index (χ1v) is 11.7. The van der Waals surface area contributed by atoms with E-state index in [4.69, 9.17) is 4.74 Å². The Balaban J connectivity index is 1.91. The molecule has 0 spiro atoms. The molecule has 0 unspecified atom stereocenters. The lowest BCUT2D eigenvalue weighted by molar-refractivity contribution is 0.190. The van der Waals surface area contributed by atoms with Crippen molar-refractivity contribution in [2.45, 2.75) is 24.5 Å². The second-order valence-electron chi connectivity index (χ2n) is 6.31. The van der Waals surface area contributed by atoms with Crippen LogP contribution in [0.15, 0.2) is 34.2 Å². The van der Waals surface area contributed by atoms with E-state index in [1.165, 1.54) is 11.8 Å². The maximum Gasteiger partial charge on any atom is 0.262 e. The van der Waals surface area contributed by atoms with Crippen LogP contribution in [0.25, 0.3) is 16.7 Å². The molecule has 0 aliphatic heterocycles. The summed E-state index contributed by atoms with van der Waals surface area (Å²) in [5.74, 6) is 1.16. The van der Waals surface area contributed by atoms with E-state index in [1.807, 2.05) is 22.6 Å². The van der Waals surface area contributed by atoms with E-state index in [-0.39, 0.29) is 5.56 Å². The molecule has 9 nitrogen and oxygen atoms in total. The first kappa shape index (κ1) is 20.8. The molecular formula is C17H23N5O4S2. The summed E-state index contributed by atoms with van der Waals surface area (Å²) in [5.41, 5.74) is 0.660. The number of nitrogens with zero attached hydrogens (tertiary/aromatic N) is 4. The van der Waals surface area contributed by atoms with Crippen molar-refractivity contribution in [2.24, 2.45) is 0 Å². The van der Waals surface area contributed by atoms with Gasteiger partial charge in [0, 0.05) is 32.6 Å². The zero-order chi connectivity index (χ0) is 20.1. The summed E-state index contributed by atoms with van der Waals surface area (Å²) in [4.78, 5) is 12.9. The fraction of sp³-hybridized carbons (Fsp3) is 0.471. The zero-order valence-electron chi connectivity index (χ0n) is 15.8. The molecule has 0 radical (unpaired) electrons. The third-order valence-corrected chi connectivity index (χ3v) is 5.87. The number of methoxy groups -OCH3 is 1. The fourth-order valence-corrected chi connectivity index (χ4v) is 4.28. The van der Waals surface area contributed by atoms with Crippen LogP contribution in [0.5, 0.6) is 0 Å². The van der Waals surface area contributed by atoms with Gasteiger partial charge in [0.25, 0.3) is 5.56 Å². The Morgan fingerprint density at radius 1 is 1.21 bits per heavy atom. The van der Waals surface area contributed by atoms with E-state index in [9.17, 15) is 13.2 Å². The largest absolute Gasteiger partial charge is 0.385 e. The van der Waals surface area contributed by atoms with Gasteiger partial charge in [0.05, 0.1) is 17.2 Å². The van der Waals surface area contributed by atoms with Crippen LogP contribution in [0.3, 0.4) is 0 Å². The number of thioether (sulfide) groups is 1. The second-order valence-corrected chi connectivity index (χ2v) is 9.20. The third kappa shape index (κ3) is 4.72. The van der Waals surface area contributed by atoms with Crippen molar-refractivity contribution < 1.29 is 13.2 Å². The molecule has 3 aromatic rings. The van der Waals surface area contributed by atoms with E-state index in [0.717, 1.165) is 11.8 Å². The average Bonchev–Trinajstić information content (AvgIpc) is 3.07. The summed E-state index contributed by atoms with van der Waals surface area (Å²) < 4.78 is 33.4. The highest BCUT2D eigenvalue weighted by atomic mass is 32.2. The molecule has 1 N–H and O–H groups in total. The summed E-state index contributed by atoms with van der Waals surface area (Å²) in [6, 6.07) is 7.39. The van der Waals surface area contributed by atoms with Crippen molar-refractivity contribution in [1.82, 2.24) is 23.9 Å². The van der Waals surface area contributed by atoms with Gasteiger partial charge in [-0.05, 0) is 25.0 Å². The SMILES string of the molecule is COCCCn1c(=O)c2ccccc2n2c(SCCCNS(C)(=O)=O)nnc12. The van der Waals surface area contributed by atoms with Crippen molar-refractivity contribution in [3.05, 3.63) is 34.6 Å². The smallest absolute Gasteiger partial charge is 0.262 e. The fourth-order valence-electron chi connectivity index (χ4n) is 2.89. The number of rotatable bonds is 10. The van der Waals surface area contributed by atoms with Crippen LogP contribution in [-0.4, -0.2) is 59.9 Å². The van der Waals surface area contributed by atoms with Gasteiger partial charge in [-0.3, -0.25) is 13.8 Å². The highest BCUT2D eigenvalue weighted by molar-refractivity contribution is 7.99. The van der Waals surface area contributed by atoms with Crippen LogP contribution in [0.1, 0.15) is 12.8 Å². The number of hydrogen-bond donors (Lipinski definition) is 1. The molecular weight excluding hydrogens is 402 g/mol. The van der Waals surface area contributed by atoms with E-state index >= 15 is 0 Å². The molecule has 2 heterocycles. The summed E-state index contributed by atoms with van der Waals surface area (Å²) in [6.07, 6.45) is 2.48. The monoisotopic (exact) mass is 425 g/mol. The molecule has 0 bridgehead atoms. The lowest BCUT2D eigenvalue weighted by Gasteiger charge is -2.11. The van der Waals surface area contributed by atoms with Crippen LogP contribution in [0, 0.1) is 0 Å². The Labute approximate surface area is 167 Å². The predicted molar refractivity (Wildman–Crippen MR) is 109 cm³/mol. The number of hydrogen-bond acceptors (Lipinski definition) is 7. The van der Waals surface area contributed by atoms with Gasteiger partial charge in [0.2, 0.25) is 15.8 Å². The minimum absolute atomic E-state index is 0.0968. The quantitative estimate of drug-likeness (QED) is 0.383. The first-order valence-electron chi connectivity index (χ1n) is 8.85. The molecule has 0 atom stereocenters. The Bertz CT molecular complexity index is 1120. The van der Waals surface area contributed by atoms with Crippen LogP contribution in [0.4, 0.5) is 0 Å².